The van der Waals surface area contributed by atoms with E-state index in [1.54, 1.807) is 0 Å². The van der Waals surface area contributed by atoms with Crippen molar-refractivity contribution in [2.45, 2.75) is 45.3 Å². The normalized spacial score (nSPS) is 13.4. The highest BCUT2D eigenvalue weighted by Crippen LogP contribution is 2.36. The lowest BCUT2D eigenvalue weighted by Crippen LogP contribution is -2.18. The van der Waals surface area contributed by atoms with Gasteiger partial charge in [0.05, 0.1) is 6.10 Å². The van der Waals surface area contributed by atoms with Gasteiger partial charge in [0.1, 0.15) is 5.75 Å². The summed E-state index contributed by atoms with van der Waals surface area (Å²) in [5, 5.41) is 3.60. The van der Waals surface area contributed by atoms with E-state index in [9.17, 15) is 0 Å². The first-order chi connectivity index (χ1) is 15.2. The topological polar surface area (TPSA) is 39.7 Å². The van der Waals surface area contributed by atoms with Crippen molar-refractivity contribution in [3.8, 4) is 17.2 Å². The van der Waals surface area contributed by atoms with Gasteiger partial charge < -0.3 is 19.5 Å². The molecule has 1 heterocycles. The first-order valence-electron chi connectivity index (χ1n) is 11.1. The average Bonchev–Trinajstić information content (AvgIpc) is 3.25. The van der Waals surface area contributed by atoms with Crippen molar-refractivity contribution in [3.05, 3.63) is 89.5 Å². The van der Waals surface area contributed by atoms with Gasteiger partial charge in [0.2, 0.25) is 6.79 Å². The summed E-state index contributed by atoms with van der Waals surface area (Å²) in [7, 11) is 0. The summed E-state index contributed by atoms with van der Waals surface area (Å²) in [5.41, 5.74) is 3.91. The fourth-order valence-corrected chi connectivity index (χ4v) is 3.92. The third-order valence-corrected chi connectivity index (χ3v) is 5.49. The van der Waals surface area contributed by atoms with Gasteiger partial charge in [-0.1, -0.05) is 48.5 Å². The Labute approximate surface area is 185 Å². The Kier molecular flexibility index (Phi) is 7.11. The third-order valence-electron chi connectivity index (χ3n) is 5.49. The summed E-state index contributed by atoms with van der Waals surface area (Å²) in [4.78, 5) is 0. The highest BCUT2D eigenvalue weighted by molar-refractivity contribution is 5.45. The third kappa shape index (κ3) is 6.02. The van der Waals surface area contributed by atoms with E-state index >= 15 is 0 Å². The lowest BCUT2D eigenvalue weighted by molar-refractivity contribution is 0.174. The fourth-order valence-electron chi connectivity index (χ4n) is 3.92. The van der Waals surface area contributed by atoms with Crippen LogP contribution < -0.4 is 19.5 Å². The van der Waals surface area contributed by atoms with Crippen LogP contribution in [0, 0.1) is 0 Å². The van der Waals surface area contributed by atoms with Crippen molar-refractivity contribution in [1.82, 2.24) is 5.32 Å². The highest BCUT2D eigenvalue weighted by Gasteiger charge is 2.18. The Morgan fingerprint density at radius 1 is 0.871 bits per heavy atom. The average molecular weight is 418 g/mol. The van der Waals surface area contributed by atoms with Crippen molar-refractivity contribution >= 4 is 0 Å². The summed E-state index contributed by atoms with van der Waals surface area (Å²) < 4.78 is 16.8. The molecule has 31 heavy (non-hydrogen) atoms. The molecule has 1 atom stereocenters. The SMILES string of the molecule is CC(C)Oc1ccc(CNCCC(Cc2ccccc2)c2ccc3c(c2)OCO3)cc1. The highest BCUT2D eigenvalue weighted by atomic mass is 16.7. The van der Waals surface area contributed by atoms with Crippen LogP contribution in [0.1, 0.15) is 42.9 Å². The predicted octanol–water partition coefficient (Wildman–Crippen LogP) is 5.71. The van der Waals surface area contributed by atoms with Crippen molar-refractivity contribution in [1.29, 1.82) is 0 Å². The molecular formula is C27H31NO3. The van der Waals surface area contributed by atoms with E-state index in [0.717, 1.165) is 43.2 Å². The molecule has 0 fully saturated rings. The predicted molar refractivity (Wildman–Crippen MR) is 124 cm³/mol. The molecule has 0 saturated heterocycles. The van der Waals surface area contributed by atoms with Crippen LogP contribution in [-0.2, 0) is 13.0 Å². The minimum absolute atomic E-state index is 0.196. The van der Waals surface area contributed by atoms with Crippen molar-refractivity contribution in [2.75, 3.05) is 13.3 Å². The van der Waals surface area contributed by atoms with Gasteiger partial charge in [-0.3, -0.25) is 0 Å². The molecule has 1 aliphatic rings. The van der Waals surface area contributed by atoms with Gasteiger partial charge in [-0.2, -0.15) is 0 Å². The first-order valence-corrected chi connectivity index (χ1v) is 11.1. The Morgan fingerprint density at radius 3 is 2.42 bits per heavy atom. The number of hydrogen-bond acceptors (Lipinski definition) is 4. The Balaban J connectivity index is 1.36. The van der Waals surface area contributed by atoms with Gasteiger partial charge in [0, 0.05) is 6.54 Å². The number of hydrogen-bond donors (Lipinski definition) is 1. The number of benzene rings is 3. The molecule has 162 valence electrons. The molecule has 1 unspecified atom stereocenters. The smallest absolute Gasteiger partial charge is 0.231 e. The van der Waals surface area contributed by atoms with E-state index in [1.807, 2.05) is 32.0 Å². The summed E-state index contributed by atoms with van der Waals surface area (Å²) in [5.74, 6) is 3.02. The molecule has 4 heteroatoms. The fraction of sp³-hybridized carbons (Fsp3) is 0.333. The minimum atomic E-state index is 0.196. The second-order valence-electron chi connectivity index (χ2n) is 8.28. The molecule has 0 bridgehead atoms. The van der Waals surface area contributed by atoms with Gasteiger partial charge in [-0.05, 0) is 80.1 Å². The van der Waals surface area contributed by atoms with Crippen LogP contribution in [0.3, 0.4) is 0 Å². The zero-order valence-electron chi connectivity index (χ0n) is 18.3. The Morgan fingerprint density at radius 2 is 1.65 bits per heavy atom. The molecule has 3 aromatic rings. The van der Waals surface area contributed by atoms with Crippen LogP contribution in [-0.4, -0.2) is 19.4 Å². The standard InChI is InChI=1S/C27H31NO3/c1-20(2)31-25-11-8-22(9-12-25)18-28-15-14-24(16-21-6-4-3-5-7-21)23-10-13-26-27(17-23)30-19-29-26/h3-13,17,20,24,28H,14-16,18-19H2,1-2H3. The maximum atomic E-state index is 5.72. The number of fused-ring (bicyclic) bond motifs is 1. The van der Waals surface area contributed by atoms with Crippen molar-refractivity contribution in [2.24, 2.45) is 0 Å². The van der Waals surface area contributed by atoms with E-state index in [-0.39, 0.29) is 6.10 Å². The van der Waals surface area contributed by atoms with Crippen LogP contribution in [0.5, 0.6) is 17.2 Å². The van der Waals surface area contributed by atoms with Gasteiger partial charge >= 0.3 is 0 Å². The Bertz CT molecular complexity index is 954. The second-order valence-corrected chi connectivity index (χ2v) is 8.28. The summed E-state index contributed by atoms with van der Waals surface area (Å²) in [6.07, 6.45) is 2.24. The molecule has 0 saturated carbocycles. The van der Waals surface area contributed by atoms with Crippen LogP contribution in [0.4, 0.5) is 0 Å². The van der Waals surface area contributed by atoms with Gasteiger partial charge in [0.25, 0.3) is 0 Å². The monoisotopic (exact) mass is 417 g/mol. The maximum absolute atomic E-state index is 5.72. The van der Waals surface area contributed by atoms with Crippen molar-refractivity contribution < 1.29 is 14.2 Å². The minimum Gasteiger partial charge on any atom is -0.491 e. The lowest BCUT2D eigenvalue weighted by Gasteiger charge is -2.19. The van der Waals surface area contributed by atoms with Gasteiger partial charge in [-0.25, -0.2) is 0 Å². The van der Waals surface area contributed by atoms with Crippen LogP contribution >= 0.6 is 0 Å². The van der Waals surface area contributed by atoms with E-state index in [2.05, 4.69) is 59.9 Å². The number of ether oxygens (including phenoxy) is 3. The molecule has 1 aliphatic heterocycles. The van der Waals surface area contributed by atoms with Gasteiger partial charge in [0.15, 0.2) is 11.5 Å². The second kappa shape index (κ2) is 10.4. The quantitative estimate of drug-likeness (QED) is 0.429. The van der Waals surface area contributed by atoms with Crippen LogP contribution in [0.2, 0.25) is 0 Å². The Hall–Kier alpha value is -2.98. The lowest BCUT2D eigenvalue weighted by atomic mass is 9.89. The van der Waals surface area contributed by atoms with E-state index in [4.69, 9.17) is 14.2 Å². The molecule has 0 spiro atoms. The first kappa shape index (κ1) is 21.3. The summed E-state index contributed by atoms with van der Waals surface area (Å²) in [6, 6.07) is 25.4. The number of nitrogens with one attached hydrogen (secondary N) is 1. The van der Waals surface area contributed by atoms with Crippen LogP contribution in [0.15, 0.2) is 72.8 Å². The molecule has 0 radical (unpaired) electrons. The van der Waals surface area contributed by atoms with Crippen LogP contribution in [0.25, 0.3) is 0 Å². The molecule has 0 aliphatic carbocycles. The van der Waals surface area contributed by atoms with E-state index < -0.39 is 0 Å². The largest absolute Gasteiger partial charge is 0.491 e. The molecule has 4 nitrogen and oxygen atoms in total. The number of rotatable bonds is 10. The molecule has 4 rings (SSSR count). The van der Waals surface area contributed by atoms with Gasteiger partial charge in [-0.15, -0.1) is 0 Å². The zero-order chi connectivity index (χ0) is 21.5. The molecule has 3 aromatic carbocycles. The molecule has 0 aromatic heterocycles. The maximum Gasteiger partial charge on any atom is 0.231 e. The van der Waals surface area contributed by atoms with Crippen molar-refractivity contribution in [3.63, 3.8) is 0 Å². The molecular weight excluding hydrogens is 386 g/mol. The molecule has 1 N–H and O–H groups in total. The summed E-state index contributed by atoms with van der Waals surface area (Å²) >= 11 is 0. The van der Waals surface area contributed by atoms with E-state index in [1.165, 1.54) is 16.7 Å². The summed E-state index contributed by atoms with van der Waals surface area (Å²) in [6.45, 7) is 6.19. The molecule has 0 amide bonds. The zero-order valence-corrected chi connectivity index (χ0v) is 18.3. The van der Waals surface area contributed by atoms with E-state index in [0.29, 0.717) is 12.7 Å².